The van der Waals surface area contributed by atoms with Gasteiger partial charge in [-0.15, -0.1) is 0 Å². The van der Waals surface area contributed by atoms with Crippen molar-refractivity contribution in [3.63, 3.8) is 0 Å². The lowest BCUT2D eigenvalue weighted by molar-refractivity contribution is -0.235. The fourth-order valence-electron chi connectivity index (χ4n) is 3.64. The van der Waals surface area contributed by atoms with Crippen LogP contribution in [0.15, 0.2) is 0 Å². The molecule has 2 heterocycles. The van der Waals surface area contributed by atoms with E-state index < -0.39 is 68.5 Å². The van der Waals surface area contributed by atoms with Crippen molar-refractivity contribution in [2.24, 2.45) is 0 Å². The average molecular weight is 424 g/mol. The Bertz CT molecular complexity index is 453. The fraction of sp³-hybridized carbons (Fsp3) is 1.00. The van der Waals surface area contributed by atoms with Gasteiger partial charge >= 0.3 is 0 Å². The van der Waals surface area contributed by atoms with Crippen LogP contribution in [0.5, 0.6) is 0 Å². The molecular formula is C19H36O10. The topological polar surface area (TPSA) is 158 Å². The summed E-state index contributed by atoms with van der Waals surface area (Å²) >= 11 is 0. The molecule has 0 aliphatic carbocycles. The van der Waals surface area contributed by atoms with Gasteiger partial charge in [0.15, 0.2) is 12.6 Å². The fourth-order valence-corrected chi connectivity index (χ4v) is 3.64. The minimum atomic E-state index is -1.44. The van der Waals surface area contributed by atoms with Crippen LogP contribution in [0.3, 0.4) is 0 Å². The number of ether oxygens (including phenoxy) is 4. The molecule has 0 unspecified atom stereocenters. The Morgan fingerprint density at radius 1 is 0.862 bits per heavy atom. The average Bonchev–Trinajstić information content (AvgIpc) is 3.15. The molecule has 2 fully saturated rings. The predicted octanol–water partition coefficient (Wildman–Crippen LogP) is -1.37. The van der Waals surface area contributed by atoms with Crippen molar-refractivity contribution in [2.45, 2.75) is 101 Å². The molecule has 0 aromatic carbocycles. The van der Waals surface area contributed by atoms with E-state index in [4.69, 9.17) is 24.1 Å². The van der Waals surface area contributed by atoms with Crippen LogP contribution in [0.25, 0.3) is 0 Å². The summed E-state index contributed by atoms with van der Waals surface area (Å²) in [7, 11) is 0. The van der Waals surface area contributed by atoms with E-state index in [1.807, 2.05) is 0 Å². The molecule has 2 rings (SSSR count). The Balaban J connectivity index is 1.81. The number of aliphatic hydroxyl groups excluding tert-OH is 6. The Morgan fingerprint density at radius 3 is 2.17 bits per heavy atom. The number of hydrogen-bond acceptors (Lipinski definition) is 10. The van der Waals surface area contributed by atoms with Crippen LogP contribution in [-0.4, -0.2) is 106 Å². The van der Waals surface area contributed by atoms with Gasteiger partial charge in [0.25, 0.3) is 0 Å². The highest BCUT2D eigenvalue weighted by Crippen LogP contribution is 2.29. The Kier molecular flexibility index (Phi) is 10.7. The Labute approximate surface area is 171 Å². The van der Waals surface area contributed by atoms with Crippen LogP contribution in [0, 0.1) is 0 Å². The molecule has 0 aromatic rings. The zero-order chi connectivity index (χ0) is 21.4. The lowest BCUT2D eigenvalue weighted by Gasteiger charge is -2.28. The van der Waals surface area contributed by atoms with Gasteiger partial charge in [0.05, 0.1) is 13.2 Å². The molecular weight excluding hydrogens is 388 g/mol. The Morgan fingerprint density at radius 2 is 1.55 bits per heavy atom. The minimum Gasteiger partial charge on any atom is -0.394 e. The first-order valence-electron chi connectivity index (χ1n) is 10.5. The van der Waals surface area contributed by atoms with E-state index in [1.165, 1.54) is 19.3 Å². The van der Waals surface area contributed by atoms with Gasteiger partial charge in [0.1, 0.15) is 42.7 Å². The summed E-state index contributed by atoms with van der Waals surface area (Å²) in [6.45, 7) is 1.40. The lowest BCUT2D eigenvalue weighted by atomic mass is 10.1. The van der Waals surface area contributed by atoms with Crippen LogP contribution in [-0.2, 0) is 18.9 Å². The number of hydrogen-bond donors (Lipinski definition) is 6. The zero-order valence-electron chi connectivity index (χ0n) is 16.9. The summed E-state index contributed by atoms with van der Waals surface area (Å²) in [6, 6.07) is 0. The quantitative estimate of drug-likeness (QED) is 0.195. The van der Waals surface area contributed by atoms with Crippen LogP contribution < -0.4 is 0 Å². The molecule has 0 radical (unpaired) electrons. The first-order valence-corrected chi connectivity index (χ1v) is 10.5. The maximum Gasteiger partial charge on any atom is 0.187 e. The molecule has 0 aromatic heterocycles. The van der Waals surface area contributed by atoms with E-state index in [0.717, 1.165) is 19.3 Å². The van der Waals surface area contributed by atoms with Crippen LogP contribution in [0.2, 0.25) is 0 Å². The summed E-state index contributed by atoms with van der Waals surface area (Å²) in [4.78, 5) is 0. The highest BCUT2D eigenvalue weighted by Gasteiger charge is 2.50. The second kappa shape index (κ2) is 12.5. The standard InChI is InChI=1S/C19H36O10/c1-2-3-4-5-6-7-8-26-17-15(24)16(29-18(17)25)12(10-21)28-19-14(23)13(22)11(9-20)27-19/h11-25H,2-10H2,1H3/t11-,12-,13-,14+,15+,16+,17-,18-,19-/m1/s1. The third kappa shape index (κ3) is 6.54. The zero-order valence-corrected chi connectivity index (χ0v) is 16.9. The SMILES string of the molecule is CCCCCCCCO[C@@H]1[C@@H](O)[C@H]([C@@H](CO)O[C@H]2O[C@H](CO)[C@@H](O)[C@@H]2O)O[C@H]1O. The summed E-state index contributed by atoms with van der Waals surface area (Å²) < 4.78 is 21.6. The summed E-state index contributed by atoms with van der Waals surface area (Å²) in [5.74, 6) is 0. The first kappa shape index (κ1) is 24.9. The maximum atomic E-state index is 10.5. The van der Waals surface area contributed by atoms with Gasteiger partial charge in [-0.3, -0.25) is 0 Å². The van der Waals surface area contributed by atoms with Gasteiger partial charge < -0.3 is 49.6 Å². The van der Waals surface area contributed by atoms with Gasteiger partial charge in [-0.25, -0.2) is 0 Å². The van der Waals surface area contributed by atoms with Gasteiger partial charge in [0, 0.05) is 6.61 Å². The van der Waals surface area contributed by atoms with Crippen molar-refractivity contribution < 1.29 is 49.6 Å². The minimum absolute atomic E-state index is 0.362. The van der Waals surface area contributed by atoms with Crippen molar-refractivity contribution in [1.82, 2.24) is 0 Å². The van der Waals surface area contributed by atoms with E-state index >= 15 is 0 Å². The number of aliphatic hydroxyl groups is 6. The number of unbranched alkanes of at least 4 members (excludes halogenated alkanes) is 5. The van der Waals surface area contributed by atoms with E-state index in [2.05, 4.69) is 6.92 Å². The van der Waals surface area contributed by atoms with Crippen LogP contribution in [0.1, 0.15) is 45.4 Å². The molecule has 0 saturated carbocycles. The summed E-state index contributed by atoms with van der Waals surface area (Å²) in [6.07, 6.45) is -4.60. The maximum absolute atomic E-state index is 10.5. The molecule has 29 heavy (non-hydrogen) atoms. The van der Waals surface area contributed by atoms with Crippen LogP contribution >= 0.6 is 0 Å². The number of rotatable bonds is 13. The Hall–Kier alpha value is -0.400. The van der Waals surface area contributed by atoms with Gasteiger partial charge in [-0.05, 0) is 6.42 Å². The van der Waals surface area contributed by atoms with E-state index in [9.17, 15) is 25.5 Å². The third-order valence-corrected chi connectivity index (χ3v) is 5.41. The summed E-state index contributed by atoms with van der Waals surface area (Å²) in [5, 5.41) is 59.1. The molecule has 2 aliphatic heterocycles. The molecule has 0 bridgehead atoms. The van der Waals surface area contributed by atoms with Crippen molar-refractivity contribution in [1.29, 1.82) is 0 Å². The molecule has 0 spiro atoms. The van der Waals surface area contributed by atoms with Crippen LogP contribution in [0.4, 0.5) is 0 Å². The molecule has 10 nitrogen and oxygen atoms in total. The molecule has 172 valence electrons. The smallest absolute Gasteiger partial charge is 0.187 e. The second-order valence-corrected chi connectivity index (χ2v) is 7.65. The highest BCUT2D eigenvalue weighted by atomic mass is 16.7. The van der Waals surface area contributed by atoms with Crippen molar-refractivity contribution in [2.75, 3.05) is 19.8 Å². The van der Waals surface area contributed by atoms with E-state index in [-0.39, 0.29) is 0 Å². The monoisotopic (exact) mass is 424 g/mol. The molecule has 9 atom stereocenters. The molecule has 0 amide bonds. The lowest BCUT2D eigenvalue weighted by Crippen LogP contribution is -2.46. The summed E-state index contributed by atoms with van der Waals surface area (Å²) in [5.41, 5.74) is 0. The first-order chi connectivity index (χ1) is 13.9. The normalized spacial score (nSPS) is 38.6. The highest BCUT2D eigenvalue weighted by molar-refractivity contribution is 4.93. The molecule has 2 aliphatic rings. The third-order valence-electron chi connectivity index (χ3n) is 5.41. The van der Waals surface area contributed by atoms with Gasteiger partial charge in [-0.2, -0.15) is 0 Å². The molecule has 10 heteroatoms. The second-order valence-electron chi connectivity index (χ2n) is 7.65. The van der Waals surface area contributed by atoms with Crippen molar-refractivity contribution in [3.8, 4) is 0 Å². The van der Waals surface area contributed by atoms with E-state index in [0.29, 0.717) is 6.61 Å². The van der Waals surface area contributed by atoms with Gasteiger partial charge in [0.2, 0.25) is 0 Å². The van der Waals surface area contributed by atoms with Gasteiger partial charge in [-0.1, -0.05) is 39.0 Å². The van der Waals surface area contributed by atoms with Crippen molar-refractivity contribution >= 4 is 0 Å². The van der Waals surface area contributed by atoms with E-state index in [1.54, 1.807) is 0 Å². The largest absolute Gasteiger partial charge is 0.394 e. The predicted molar refractivity (Wildman–Crippen MR) is 99.7 cm³/mol. The molecule has 2 saturated heterocycles. The molecule has 6 N–H and O–H groups in total. The van der Waals surface area contributed by atoms with Crippen molar-refractivity contribution in [3.05, 3.63) is 0 Å².